The molecule has 0 fully saturated rings. The summed E-state index contributed by atoms with van der Waals surface area (Å²) in [5.41, 5.74) is 2.41. The largest absolute Gasteiger partial charge is 0.493 e. The van der Waals surface area contributed by atoms with Crippen molar-refractivity contribution in [2.75, 3.05) is 33.0 Å². The molecular weight excluding hydrogens is 552 g/mol. The average molecular weight is 593 g/mol. The predicted molar refractivity (Wildman–Crippen MR) is 162 cm³/mol. The lowest BCUT2D eigenvalue weighted by molar-refractivity contribution is -0.145. The van der Waals surface area contributed by atoms with Gasteiger partial charge in [-0.25, -0.2) is 4.79 Å². The van der Waals surface area contributed by atoms with Crippen molar-refractivity contribution in [3.8, 4) is 23.0 Å². The molecule has 3 aromatic carbocycles. The minimum absolute atomic E-state index is 0.0391. The first kappa shape index (κ1) is 31.7. The highest BCUT2D eigenvalue weighted by atomic mass is 16.6. The molecule has 0 radical (unpaired) electrons. The van der Waals surface area contributed by atoms with E-state index in [1.54, 1.807) is 19.1 Å². The molecule has 4 rings (SSSR count). The second kappa shape index (κ2) is 15.8. The Morgan fingerprint density at radius 1 is 0.884 bits per heavy atom. The fraction of sp³-hybridized carbons (Fsp3) is 0.441. The number of carbonyl (C=O) groups excluding carboxylic acids is 2. The maximum Gasteiger partial charge on any atom is 0.344 e. The molecule has 9 heteroatoms. The van der Waals surface area contributed by atoms with Crippen molar-refractivity contribution in [1.29, 1.82) is 0 Å². The molecule has 9 nitrogen and oxygen atoms in total. The van der Waals surface area contributed by atoms with E-state index in [9.17, 15) is 19.5 Å². The van der Waals surface area contributed by atoms with Crippen LogP contribution in [0.1, 0.15) is 73.9 Å². The van der Waals surface area contributed by atoms with Crippen LogP contribution in [0.4, 0.5) is 0 Å². The van der Waals surface area contributed by atoms with Crippen molar-refractivity contribution in [3.63, 3.8) is 0 Å². The van der Waals surface area contributed by atoms with E-state index >= 15 is 0 Å². The molecule has 0 atom stereocenters. The molecule has 1 aliphatic heterocycles. The second-order valence-corrected chi connectivity index (χ2v) is 10.4. The maximum absolute atomic E-state index is 12.3. The second-order valence-electron chi connectivity index (χ2n) is 10.4. The first-order valence-electron chi connectivity index (χ1n) is 15.0. The van der Waals surface area contributed by atoms with E-state index in [1.165, 1.54) is 0 Å². The van der Waals surface area contributed by atoms with Gasteiger partial charge in [0.1, 0.15) is 23.0 Å². The molecule has 0 unspecified atom stereocenters. The Morgan fingerprint density at radius 3 is 2.33 bits per heavy atom. The molecule has 0 spiro atoms. The molecule has 3 aromatic rings. The number of benzene rings is 3. The SMILES string of the molecule is CCCc1c(OCCCCCOc2ccc3ccc(OCC(=O)OCC)cc3c2CCC(=O)O)ccc2c1OCCC2=O. The van der Waals surface area contributed by atoms with Gasteiger partial charge in [0.25, 0.3) is 0 Å². The Hall–Kier alpha value is -4.27. The number of hydrogen-bond acceptors (Lipinski definition) is 8. The average Bonchev–Trinajstić information content (AvgIpc) is 2.99. The molecule has 0 bridgehead atoms. The van der Waals surface area contributed by atoms with Crippen LogP contribution in [0.2, 0.25) is 0 Å². The van der Waals surface area contributed by atoms with Crippen molar-refractivity contribution >= 4 is 28.5 Å². The van der Waals surface area contributed by atoms with Gasteiger partial charge in [-0.3, -0.25) is 9.59 Å². The van der Waals surface area contributed by atoms with Crippen molar-refractivity contribution in [3.05, 3.63) is 59.2 Å². The number of ether oxygens (including phenoxy) is 5. The van der Waals surface area contributed by atoms with Gasteiger partial charge < -0.3 is 28.8 Å². The fourth-order valence-corrected chi connectivity index (χ4v) is 5.14. The molecule has 0 saturated heterocycles. The van der Waals surface area contributed by atoms with Crippen LogP contribution in [0.25, 0.3) is 10.8 Å². The topological polar surface area (TPSA) is 118 Å². The van der Waals surface area contributed by atoms with Crippen molar-refractivity contribution in [2.45, 2.75) is 65.2 Å². The molecule has 0 aliphatic carbocycles. The third kappa shape index (κ3) is 8.63. The van der Waals surface area contributed by atoms with Crippen LogP contribution in [0.3, 0.4) is 0 Å². The first-order chi connectivity index (χ1) is 20.9. The lowest BCUT2D eigenvalue weighted by Crippen LogP contribution is -2.17. The van der Waals surface area contributed by atoms with Crippen LogP contribution >= 0.6 is 0 Å². The summed E-state index contributed by atoms with van der Waals surface area (Å²) in [6, 6.07) is 13.0. The Bertz CT molecular complexity index is 1430. The molecule has 1 aliphatic rings. The van der Waals surface area contributed by atoms with Crippen molar-refractivity contribution in [1.82, 2.24) is 0 Å². The number of Topliss-reactive ketones (excluding diaryl/α,β-unsaturated/α-hetero) is 1. The number of carboxylic acids is 1. The number of fused-ring (bicyclic) bond motifs is 2. The number of aryl methyl sites for hydroxylation is 1. The summed E-state index contributed by atoms with van der Waals surface area (Å²) in [5.74, 6) is 1.36. The number of ketones is 1. The summed E-state index contributed by atoms with van der Waals surface area (Å²) < 4.78 is 28.6. The van der Waals surface area contributed by atoms with Gasteiger partial charge in [0, 0.05) is 24.0 Å². The number of unbranched alkanes of at least 4 members (excludes halogenated alkanes) is 2. The number of esters is 1. The summed E-state index contributed by atoms with van der Waals surface area (Å²) >= 11 is 0. The Morgan fingerprint density at radius 2 is 1.60 bits per heavy atom. The molecule has 230 valence electrons. The Labute approximate surface area is 252 Å². The standard InChI is InChI=1S/C34H40O9/c1-3-8-27-31(15-12-26-29(35)17-20-42-34(26)27)41-19-7-5-6-18-40-30-14-10-23-9-11-24(43-22-33(38)39-4-2)21-28(23)25(30)13-16-32(36)37/h9-12,14-15,21H,3-8,13,16-20,22H2,1-2H3,(H,36,37). The zero-order chi connectivity index (χ0) is 30.6. The van der Waals surface area contributed by atoms with Gasteiger partial charge in [0.15, 0.2) is 12.4 Å². The van der Waals surface area contributed by atoms with Crippen LogP contribution in [0, 0.1) is 0 Å². The van der Waals surface area contributed by atoms with Gasteiger partial charge in [-0.1, -0.05) is 25.5 Å². The summed E-state index contributed by atoms with van der Waals surface area (Å²) in [6.45, 7) is 5.32. The van der Waals surface area contributed by atoms with Gasteiger partial charge in [-0.2, -0.15) is 0 Å². The van der Waals surface area contributed by atoms with E-state index in [-0.39, 0.29) is 25.4 Å². The van der Waals surface area contributed by atoms with Gasteiger partial charge in [-0.15, -0.1) is 0 Å². The fourth-order valence-electron chi connectivity index (χ4n) is 5.14. The Balaban J connectivity index is 1.33. The zero-order valence-electron chi connectivity index (χ0n) is 24.9. The number of carbonyl (C=O) groups is 3. The molecule has 0 saturated carbocycles. The van der Waals surface area contributed by atoms with E-state index in [0.29, 0.717) is 55.5 Å². The number of rotatable bonds is 17. The van der Waals surface area contributed by atoms with Crippen LogP contribution in [-0.4, -0.2) is 55.9 Å². The van der Waals surface area contributed by atoms with E-state index in [0.717, 1.165) is 59.8 Å². The molecule has 0 aromatic heterocycles. The molecule has 1 N–H and O–H groups in total. The maximum atomic E-state index is 12.3. The zero-order valence-corrected chi connectivity index (χ0v) is 24.9. The highest BCUT2D eigenvalue weighted by molar-refractivity contribution is 6.00. The highest BCUT2D eigenvalue weighted by Gasteiger charge is 2.23. The molecular formula is C34H40O9. The van der Waals surface area contributed by atoms with Gasteiger partial charge >= 0.3 is 11.9 Å². The smallest absolute Gasteiger partial charge is 0.344 e. The van der Waals surface area contributed by atoms with Gasteiger partial charge in [0.05, 0.1) is 32.0 Å². The molecule has 1 heterocycles. The molecule has 43 heavy (non-hydrogen) atoms. The van der Waals surface area contributed by atoms with E-state index < -0.39 is 11.9 Å². The molecule has 0 amide bonds. The predicted octanol–water partition coefficient (Wildman–Crippen LogP) is 6.34. The lowest BCUT2D eigenvalue weighted by Gasteiger charge is -2.22. The number of carboxylic acid groups (broad SMARTS) is 1. The minimum Gasteiger partial charge on any atom is -0.493 e. The normalized spacial score (nSPS) is 12.4. The van der Waals surface area contributed by atoms with Crippen molar-refractivity contribution in [2.24, 2.45) is 0 Å². The summed E-state index contributed by atoms with van der Waals surface area (Å²) in [7, 11) is 0. The lowest BCUT2D eigenvalue weighted by atomic mass is 9.98. The van der Waals surface area contributed by atoms with Crippen molar-refractivity contribution < 1.29 is 43.2 Å². The Kier molecular flexibility index (Phi) is 11.6. The first-order valence-corrected chi connectivity index (χ1v) is 15.0. The highest BCUT2D eigenvalue weighted by Crippen LogP contribution is 2.37. The monoisotopic (exact) mass is 592 g/mol. The van der Waals surface area contributed by atoms with Crippen LogP contribution in [0.5, 0.6) is 23.0 Å². The number of aliphatic carboxylic acids is 1. The summed E-state index contributed by atoms with van der Waals surface area (Å²) in [5, 5.41) is 11.1. The minimum atomic E-state index is -0.892. The summed E-state index contributed by atoms with van der Waals surface area (Å²) in [6.07, 6.45) is 4.89. The van der Waals surface area contributed by atoms with Gasteiger partial charge in [0.2, 0.25) is 0 Å². The van der Waals surface area contributed by atoms with Crippen LogP contribution < -0.4 is 18.9 Å². The third-order valence-electron chi connectivity index (χ3n) is 7.21. The third-order valence-corrected chi connectivity index (χ3v) is 7.21. The van der Waals surface area contributed by atoms with Crippen LogP contribution in [-0.2, 0) is 27.2 Å². The van der Waals surface area contributed by atoms with Crippen LogP contribution in [0.15, 0.2) is 42.5 Å². The number of hydrogen-bond donors (Lipinski definition) is 1. The summed E-state index contributed by atoms with van der Waals surface area (Å²) in [4.78, 5) is 35.4. The van der Waals surface area contributed by atoms with E-state index in [2.05, 4.69) is 6.92 Å². The van der Waals surface area contributed by atoms with E-state index in [1.807, 2.05) is 30.3 Å². The quantitative estimate of drug-likeness (QED) is 0.141. The van der Waals surface area contributed by atoms with Gasteiger partial charge in [-0.05, 0) is 80.1 Å². The van der Waals surface area contributed by atoms with E-state index in [4.69, 9.17) is 23.7 Å².